The van der Waals surface area contributed by atoms with E-state index in [-0.39, 0.29) is 17.0 Å². The molecule has 1 aliphatic rings. The molecule has 7 nitrogen and oxygen atoms in total. The van der Waals surface area contributed by atoms with E-state index in [0.29, 0.717) is 30.8 Å². The molecule has 0 N–H and O–H groups in total. The third-order valence-corrected chi connectivity index (χ3v) is 6.30. The number of hydrogen-bond donors (Lipinski definition) is 0. The van der Waals surface area contributed by atoms with Gasteiger partial charge >= 0.3 is 0 Å². The van der Waals surface area contributed by atoms with E-state index >= 15 is 0 Å². The van der Waals surface area contributed by atoms with Crippen LogP contribution in [0, 0.1) is 13.8 Å². The van der Waals surface area contributed by atoms with Crippen molar-refractivity contribution in [3.05, 3.63) is 11.4 Å². The van der Waals surface area contributed by atoms with Gasteiger partial charge in [0.05, 0.1) is 17.4 Å². The Morgan fingerprint density at radius 1 is 1.38 bits per heavy atom. The van der Waals surface area contributed by atoms with Crippen LogP contribution in [0.5, 0.6) is 0 Å². The highest BCUT2D eigenvalue weighted by Crippen LogP contribution is 2.29. The summed E-state index contributed by atoms with van der Waals surface area (Å²) in [5, 5.41) is 4.18. The Balaban J connectivity index is 2.35. The van der Waals surface area contributed by atoms with Crippen molar-refractivity contribution < 1.29 is 13.2 Å². The van der Waals surface area contributed by atoms with Crippen LogP contribution < -0.4 is 0 Å². The van der Waals surface area contributed by atoms with Crippen molar-refractivity contribution in [3.63, 3.8) is 0 Å². The van der Waals surface area contributed by atoms with Gasteiger partial charge in [-0.1, -0.05) is 0 Å². The number of sulfonamides is 1. The molecule has 1 aromatic heterocycles. The molecule has 0 amide bonds. The summed E-state index contributed by atoms with van der Waals surface area (Å²) in [4.78, 5) is 14.3. The molecule has 2 heterocycles. The zero-order valence-electron chi connectivity index (χ0n) is 12.7. The predicted molar refractivity (Wildman–Crippen MR) is 77.2 cm³/mol. The minimum Gasteiger partial charge on any atom is -0.271 e. The first-order valence-electron chi connectivity index (χ1n) is 6.88. The maximum absolute atomic E-state index is 12.9. The van der Waals surface area contributed by atoms with Gasteiger partial charge in [0.1, 0.15) is 4.90 Å². The number of nitrogens with zero attached hydrogens (tertiary/aromatic N) is 4. The highest BCUT2D eigenvalue weighted by molar-refractivity contribution is 7.89. The molecule has 1 aliphatic heterocycles. The first kappa shape index (κ1) is 15.9. The molecule has 0 bridgehead atoms. The molecule has 2 unspecified atom stereocenters. The number of carbonyl (C=O) groups excluding carboxylic acids is 1. The van der Waals surface area contributed by atoms with Crippen LogP contribution in [0.1, 0.15) is 31.2 Å². The second-order valence-electron chi connectivity index (χ2n) is 5.49. The molecule has 1 saturated heterocycles. The first-order valence-corrected chi connectivity index (χ1v) is 8.32. The Kier molecular flexibility index (Phi) is 4.32. The molecular formula is C13H20N4O3S. The van der Waals surface area contributed by atoms with E-state index in [4.69, 9.17) is 0 Å². The van der Waals surface area contributed by atoms with Crippen molar-refractivity contribution in [1.82, 2.24) is 14.1 Å². The smallest absolute Gasteiger partial charge is 0.246 e. The monoisotopic (exact) mass is 312 g/mol. The highest BCUT2D eigenvalue weighted by atomic mass is 32.2. The van der Waals surface area contributed by atoms with Crippen LogP contribution in [-0.4, -0.2) is 47.2 Å². The summed E-state index contributed by atoms with van der Waals surface area (Å²) < 4.78 is 28.8. The molecule has 0 aliphatic carbocycles. The SMILES string of the molecule is Cc1nn(C)c(C)c1S(=O)(=O)N1CCC(N=C=O)CC1C. The summed E-state index contributed by atoms with van der Waals surface area (Å²) in [6, 6.07) is -0.343. The predicted octanol–water partition coefficient (Wildman–Crippen LogP) is 0.914. The fourth-order valence-corrected chi connectivity index (χ4v) is 4.98. The van der Waals surface area contributed by atoms with Gasteiger partial charge in [-0.2, -0.15) is 9.40 Å². The zero-order chi connectivity index (χ0) is 15.8. The molecule has 2 atom stereocenters. The summed E-state index contributed by atoms with van der Waals surface area (Å²) in [6.45, 7) is 5.65. The summed E-state index contributed by atoms with van der Waals surface area (Å²) in [5.74, 6) is 0. The lowest BCUT2D eigenvalue weighted by molar-refractivity contribution is 0.248. The second kappa shape index (κ2) is 5.71. The minimum absolute atomic E-state index is 0.139. The maximum Gasteiger partial charge on any atom is 0.246 e. The number of aliphatic imine (C=N–C) groups is 1. The van der Waals surface area contributed by atoms with Crippen LogP contribution in [0.25, 0.3) is 0 Å². The van der Waals surface area contributed by atoms with Gasteiger partial charge in [0.2, 0.25) is 16.1 Å². The van der Waals surface area contributed by atoms with Crippen molar-refractivity contribution >= 4 is 16.1 Å². The van der Waals surface area contributed by atoms with Gasteiger partial charge < -0.3 is 0 Å². The van der Waals surface area contributed by atoms with Gasteiger partial charge in [0, 0.05) is 19.6 Å². The number of aryl methyl sites for hydroxylation is 2. The maximum atomic E-state index is 12.9. The highest BCUT2D eigenvalue weighted by Gasteiger charge is 2.37. The fraction of sp³-hybridized carbons (Fsp3) is 0.692. The van der Waals surface area contributed by atoms with Gasteiger partial charge in [0.15, 0.2) is 0 Å². The van der Waals surface area contributed by atoms with Crippen molar-refractivity contribution in [2.75, 3.05) is 6.54 Å². The van der Waals surface area contributed by atoms with Crippen LogP contribution in [0.3, 0.4) is 0 Å². The van der Waals surface area contributed by atoms with Gasteiger partial charge in [-0.3, -0.25) is 4.68 Å². The third kappa shape index (κ3) is 2.79. The summed E-state index contributed by atoms with van der Waals surface area (Å²) in [6.07, 6.45) is 2.63. The average Bonchev–Trinajstić information content (AvgIpc) is 2.63. The molecule has 1 fully saturated rings. The molecular weight excluding hydrogens is 292 g/mol. The van der Waals surface area contributed by atoms with Crippen LogP contribution in [0.15, 0.2) is 9.89 Å². The van der Waals surface area contributed by atoms with Crippen molar-refractivity contribution in [1.29, 1.82) is 0 Å². The van der Waals surface area contributed by atoms with E-state index < -0.39 is 10.0 Å². The molecule has 0 saturated carbocycles. The Hall–Kier alpha value is -1.50. The zero-order valence-corrected chi connectivity index (χ0v) is 13.5. The van der Waals surface area contributed by atoms with Gasteiger partial charge in [0.25, 0.3) is 0 Å². The largest absolute Gasteiger partial charge is 0.271 e. The lowest BCUT2D eigenvalue weighted by Gasteiger charge is -2.34. The normalized spacial score (nSPS) is 23.8. The van der Waals surface area contributed by atoms with E-state index in [1.54, 1.807) is 31.7 Å². The molecule has 0 radical (unpaired) electrons. The van der Waals surface area contributed by atoms with E-state index in [1.807, 2.05) is 6.92 Å². The fourth-order valence-electron chi connectivity index (χ4n) is 2.92. The average molecular weight is 312 g/mol. The van der Waals surface area contributed by atoms with E-state index in [2.05, 4.69) is 10.1 Å². The van der Waals surface area contributed by atoms with Gasteiger partial charge in [-0.25, -0.2) is 18.2 Å². The van der Waals surface area contributed by atoms with Crippen LogP contribution in [0.2, 0.25) is 0 Å². The van der Waals surface area contributed by atoms with Crippen molar-refractivity contribution in [2.45, 2.75) is 50.6 Å². The summed E-state index contributed by atoms with van der Waals surface area (Å²) >= 11 is 0. The molecule has 116 valence electrons. The quantitative estimate of drug-likeness (QED) is 0.613. The minimum atomic E-state index is -3.58. The molecule has 0 spiro atoms. The number of rotatable bonds is 3. The van der Waals surface area contributed by atoms with Gasteiger partial charge in [-0.15, -0.1) is 0 Å². The topological polar surface area (TPSA) is 84.6 Å². The van der Waals surface area contributed by atoms with E-state index in [0.717, 1.165) is 0 Å². The standard InChI is InChI=1S/C13H20N4O3S/c1-9-7-12(14-8-18)5-6-17(9)21(19,20)13-10(2)15-16(4)11(13)3/h9,12H,5-7H2,1-4H3. The lowest BCUT2D eigenvalue weighted by Crippen LogP contribution is -2.45. The number of aromatic nitrogens is 2. The summed E-state index contributed by atoms with van der Waals surface area (Å²) in [5.41, 5.74) is 1.14. The molecule has 2 rings (SSSR count). The Bertz CT molecular complexity index is 689. The molecule has 21 heavy (non-hydrogen) atoms. The Morgan fingerprint density at radius 2 is 2.05 bits per heavy atom. The van der Waals surface area contributed by atoms with E-state index in [1.165, 1.54) is 4.31 Å². The van der Waals surface area contributed by atoms with Crippen LogP contribution >= 0.6 is 0 Å². The second-order valence-corrected chi connectivity index (χ2v) is 7.31. The Labute approximate surface area is 124 Å². The van der Waals surface area contributed by atoms with Crippen LogP contribution in [-0.2, 0) is 21.9 Å². The van der Waals surface area contributed by atoms with Crippen molar-refractivity contribution in [3.8, 4) is 0 Å². The number of hydrogen-bond acceptors (Lipinski definition) is 5. The van der Waals surface area contributed by atoms with E-state index in [9.17, 15) is 13.2 Å². The molecule has 1 aromatic rings. The Morgan fingerprint density at radius 3 is 2.52 bits per heavy atom. The number of isocyanates is 1. The molecule has 0 aromatic carbocycles. The molecule has 8 heteroatoms. The third-order valence-electron chi connectivity index (χ3n) is 4.03. The number of piperidine rings is 1. The van der Waals surface area contributed by atoms with Gasteiger partial charge in [-0.05, 0) is 33.6 Å². The first-order chi connectivity index (χ1) is 9.78. The van der Waals surface area contributed by atoms with Crippen LogP contribution in [0.4, 0.5) is 0 Å². The lowest BCUT2D eigenvalue weighted by atomic mass is 10.0. The summed E-state index contributed by atoms with van der Waals surface area (Å²) in [7, 11) is -1.85. The van der Waals surface area contributed by atoms with Crippen molar-refractivity contribution in [2.24, 2.45) is 12.0 Å².